The van der Waals surface area contributed by atoms with E-state index in [0.29, 0.717) is 17.2 Å². The van der Waals surface area contributed by atoms with Gasteiger partial charge in [-0.3, -0.25) is 9.48 Å². The van der Waals surface area contributed by atoms with Crippen LogP contribution in [0.25, 0.3) is 22.0 Å². The Morgan fingerprint density at radius 1 is 1.19 bits per heavy atom. The van der Waals surface area contributed by atoms with Crippen LogP contribution in [0.2, 0.25) is 0 Å². The predicted octanol–water partition coefficient (Wildman–Crippen LogP) is 4.27. The van der Waals surface area contributed by atoms with Gasteiger partial charge in [-0.25, -0.2) is 19.0 Å². The number of halogens is 2. The number of carbonyl (C=O) groups is 1. The second kappa shape index (κ2) is 10.8. The van der Waals surface area contributed by atoms with Gasteiger partial charge in [0.15, 0.2) is 5.82 Å². The Kier molecular flexibility index (Phi) is 7.35. The van der Waals surface area contributed by atoms with Crippen LogP contribution in [0.1, 0.15) is 49.1 Å². The summed E-state index contributed by atoms with van der Waals surface area (Å²) in [6, 6.07) is 1.93. The zero-order chi connectivity index (χ0) is 25.9. The minimum Gasteiger partial charge on any atom is -0.379 e. The first kappa shape index (κ1) is 25.1. The first-order valence-corrected chi connectivity index (χ1v) is 12.8. The van der Waals surface area contributed by atoms with Crippen molar-refractivity contribution in [2.75, 3.05) is 11.9 Å². The van der Waals surface area contributed by atoms with Gasteiger partial charge in [-0.1, -0.05) is 0 Å². The third kappa shape index (κ3) is 5.43. The van der Waals surface area contributed by atoms with E-state index in [0.717, 1.165) is 37.8 Å². The maximum atomic E-state index is 14.7. The highest BCUT2D eigenvalue weighted by Gasteiger charge is 2.27. The van der Waals surface area contributed by atoms with Crippen LogP contribution in [-0.2, 0) is 11.5 Å². The summed E-state index contributed by atoms with van der Waals surface area (Å²) in [5.74, 6) is -2.14. The van der Waals surface area contributed by atoms with Crippen molar-refractivity contribution in [3.8, 4) is 22.0 Å². The van der Waals surface area contributed by atoms with Crippen molar-refractivity contribution in [1.82, 2.24) is 29.5 Å². The monoisotopic (exact) mass is 529 g/mol. The van der Waals surface area contributed by atoms with Crippen LogP contribution in [0.5, 0.6) is 0 Å². The van der Waals surface area contributed by atoms with Crippen LogP contribution >= 0.6 is 11.3 Å². The standard InChI is InChI=1S/C24H25F2N7O3S/c1-2-36-16-5-3-15(4-6-16)33-11-18(22(31-33)21-17(25)7-8-20(26)30-21)28-23(35)19-12-37-24(29-19)14-9-27-32(10-14)13-34/h7-12,15-16,34H,2-6,13H2,1H3,(H,28,35)/t15-,16-. The van der Waals surface area contributed by atoms with Gasteiger partial charge in [0.25, 0.3) is 5.91 Å². The van der Waals surface area contributed by atoms with Gasteiger partial charge in [0.1, 0.15) is 28.8 Å². The molecule has 0 aromatic carbocycles. The lowest BCUT2D eigenvalue weighted by atomic mass is 9.93. The van der Waals surface area contributed by atoms with Gasteiger partial charge >= 0.3 is 0 Å². The molecule has 37 heavy (non-hydrogen) atoms. The molecule has 13 heteroatoms. The van der Waals surface area contributed by atoms with Crippen molar-refractivity contribution in [2.45, 2.75) is 51.5 Å². The Hall–Kier alpha value is -3.55. The van der Waals surface area contributed by atoms with Gasteiger partial charge in [-0.15, -0.1) is 11.3 Å². The SMILES string of the molecule is CCO[C@H]1CC[C@H](n2cc(NC(=O)c3csc(-c4cnn(CO)c4)n3)c(-c3nc(F)ccc3F)n2)CC1. The second-order valence-corrected chi connectivity index (χ2v) is 9.48. The van der Waals surface area contributed by atoms with E-state index in [1.807, 2.05) is 6.92 Å². The van der Waals surface area contributed by atoms with Gasteiger partial charge in [0.2, 0.25) is 5.95 Å². The van der Waals surface area contributed by atoms with E-state index >= 15 is 0 Å². The molecule has 4 aromatic rings. The molecule has 0 bridgehead atoms. The number of aromatic nitrogens is 6. The van der Waals surface area contributed by atoms with Crippen molar-refractivity contribution in [3.05, 3.63) is 53.6 Å². The average Bonchev–Trinajstić information content (AvgIpc) is 3.66. The Labute approximate surface area is 214 Å². The van der Waals surface area contributed by atoms with Gasteiger partial charge in [0.05, 0.1) is 24.0 Å². The summed E-state index contributed by atoms with van der Waals surface area (Å²) in [6.07, 6.45) is 8.29. The number of hydrogen-bond acceptors (Lipinski definition) is 8. The van der Waals surface area contributed by atoms with Crippen LogP contribution in [0.3, 0.4) is 0 Å². The van der Waals surface area contributed by atoms with Gasteiger partial charge in [-0.2, -0.15) is 14.6 Å². The van der Waals surface area contributed by atoms with Crippen LogP contribution in [0.4, 0.5) is 14.5 Å². The molecule has 0 spiro atoms. The van der Waals surface area contributed by atoms with E-state index in [1.54, 1.807) is 22.5 Å². The summed E-state index contributed by atoms with van der Waals surface area (Å²) in [7, 11) is 0. The lowest BCUT2D eigenvalue weighted by Crippen LogP contribution is -2.24. The molecule has 0 radical (unpaired) electrons. The Morgan fingerprint density at radius 3 is 2.73 bits per heavy atom. The molecule has 0 unspecified atom stereocenters. The van der Waals surface area contributed by atoms with E-state index in [-0.39, 0.29) is 41.6 Å². The van der Waals surface area contributed by atoms with E-state index in [4.69, 9.17) is 4.74 Å². The number of amides is 1. The largest absolute Gasteiger partial charge is 0.379 e. The highest BCUT2D eigenvalue weighted by Crippen LogP contribution is 2.34. The molecule has 4 heterocycles. The van der Waals surface area contributed by atoms with Crippen LogP contribution in [-0.4, -0.2) is 53.3 Å². The lowest BCUT2D eigenvalue weighted by Gasteiger charge is -2.28. The summed E-state index contributed by atoms with van der Waals surface area (Å²) < 4.78 is 37.3. The molecule has 0 aliphatic heterocycles. The summed E-state index contributed by atoms with van der Waals surface area (Å²) >= 11 is 1.24. The summed E-state index contributed by atoms with van der Waals surface area (Å²) in [4.78, 5) is 21.1. The second-order valence-electron chi connectivity index (χ2n) is 8.62. The first-order valence-electron chi connectivity index (χ1n) is 11.9. The fourth-order valence-electron chi connectivity index (χ4n) is 4.39. The fraction of sp³-hybridized carbons (Fsp3) is 0.375. The van der Waals surface area contributed by atoms with E-state index in [1.165, 1.54) is 22.2 Å². The van der Waals surface area contributed by atoms with Crippen molar-refractivity contribution in [1.29, 1.82) is 0 Å². The number of nitrogens with one attached hydrogen (secondary N) is 1. The highest BCUT2D eigenvalue weighted by molar-refractivity contribution is 7.13. The van der Waals surface area contributed by atoms with E-state index in [2.05, 4.69) is 25.5 Å². The minimum atomic E-state index is -0.854. The molecular formula is C24H25F2N7O3S. The molecule has 0 saturated heterocycles. The molecule has 1 aliphatic carbocycles. The topological polar surface area (TPSA) is 120 Å². The number of thiazole rings is 1. The molecule has 4 aromatic heterocycles. The van der Waals surface area contributed by atoms with Crippen molar-refractivity contribution in [2.24, 2.45) is 0 Å². The molecule has 194 valence electrons. The maximum Gasteiger partial charge on any atom is 0.275 e. The minimum absolute atomic E-state index is 0.0201. The number of hydrogen-bond donors (Lipinski definition) is 2. The number of nitrogens with zero attached hydrogens (tertiary/aromatic N) is 6. The van der Waals surface area contributed by atoms with Gasteiger partial charge < -0.3 is 15.2 Å². The van der Waals surface area contributed by atoms with Crippen molar-refractivity contribution < 1.29 is 23.4 Å². The smallest absolute Gasteiger partial charge is 0.275 e. The Morgan fingerprint density at radius 2 is 2.00 bits per heavy atom. The van der Waals surface area contributed by atoms with Crippen molar-refractivity contribution >= 4 is 22.9 Å². The molecule has 1 aliphatic rings. The average molecular weight is 530 g/mol. The quantitative estimate of drug-likeness (QED) is 0.327. The number of aliphatic hydroxyl groups is 1. The summed E-state index contributed by atoms with van der Waals surface area (Å²) in [5, 5.41) is 22.6. The normalized spacial score (nSPS) is 17.7. The Balaban J connectivity index is 1.42. The molecule has 5 rings (SSSR count). The maximum absolute atomic E-state index is 14.7. The number of carbonyl (C=O) groups excluding carboxylic acids is 1. The summed E-state index contributed by atoms with van der Waals surface area (Å²) in [5.41, 5.74) is 0.751. The van der Waals surface area contributed by atoms with E-state index < -0.39 is 17.7 Å². The fourth-order valence-corrected chi connectivity index (χ4v) is 5.17. The van der Waals surface area contributed by atoms with Crippen molar-refractivity contribution in [3.63, 3.8) is 0 Å². The number of rotatable bonds is 8. The number of anilines is 1. The molecular weight excluding hydrogens is 504 g/mol. The lowest BCUT2D eigenvalue weighted by molar-refractivity contribution is 0.0260. The molecule has 2 N–H and O–H groups in total. The zero-order valence-corrected chi connectivity index (χ0v) is 20.8. The molecule has 1 fully saturated rings. The highest BCUT2D eigenvalue weighted by atomic mass is 32.1. The molecule has 1 amide bonds. The summed E-state index contributed by atoms with van der Waals surface area (Å²) in [6.45, 7) is 2.35. The third-order valence-corrected chi connectivity index (χ3v) is 7.09. The predicted molar refractivity (Wildman–Crippen MR) is 132 cm³/mol. The molecule has 10 nitrogen and oxygen atoms in total. The first-order chi connectivity index (χ1) is 17.9. The number of pyridine rings is 1. The molecule has 0 atom stereocenters. The zero-order valence-electron chi connectivity index (χ0n) is 20.0. The van der Waals surface area contributed by atoms with Gasteiger partial charge in [-0.05, 0) is 44.7 Å². The number of ether oxygens (including phenoxy) is 1. The number of aliphatic hydroxyl groups excluding tert-OH is 1. The van der Waals surface area contributed by atoms with Gasteiger partial charge in [0, 0.05) is 29.9 Å². The van der Waals surface area contributed by atoms with Crippen LogP contribution in [0.15, 0.2) is 36.1 Å². The molecule has 1 saturated carbocycles. The Bertz CT molecular complexity index is 1390. The van der Waals surface area contributed by atoms with Crippen LogP contribution < -0.4 is 5.32 Å². The third-order valence-electron chi connectivity index (χ3n) is 6.20. The van der Waals surface area contributed by atoms with E-state index in [9.17, 15) is 18.7 Å². The van der Waals surface area contributed by atoms with Crippen LogP contribution in [0, 0.1) is 11.8 Å².